The summed E-state index contributed by atoms with van der Waals surface area (Å²) in [6, 6.07) is 0. The summed E-state index contributed by atoms with van der Waals surface area (Å²) in [6.45, 7) is 0. The fraction of sp³-hybridized carbons (Fsp3) is 0.750. The number of carbonyl (C=O) groups is 2. The van der Waals surface area contributed by atoms with Crippen LogP contribution in [0, 0.1) is 0 Å². The van der Waals surface area contributed by atoms with Crippen molar-refractivity contribution in [3.8, 4) is 0 Å². The Morgan fingerprint density at radius 3 is 1.81 bits per heavy atom. The van der Waals surface area contributed by atoms with Crippen molar-refractivity contribution in [2.75, 3.05) is 0 Å². The van der Waals surface area contributed by atoms with E-state index in [1.54, 1.807) is 0 Å². The van der Waals surface area contributed by atoms with E-state index in [1.165, 1.54) is 0 Å². The first-order chi connectivity index (χ1) is 10.1. The van der Waals surface area contributed by atoms with Crippen molar-refractivity contribution in [3.63, 3.8) is 0 Å². The largest absolute Gasteiger partial charge is 0.459 e. The van der Waals surface area contributed by atoms with Crippen molar-refractivity contribution in [1.29, 1.82) is 0 Å². The lowest BCUT2D eigenvalue weighted by molar-refractivity contribution is -0.149. The average Bonchev–Trinajstić information content (AvgIpc) is 2.49. The SMILES string of the molecule is O=C(/C=C(\F)C(=O)OC1CCCCC1)OC1CCCCC1. The topological polar surface area (TPSA) is 52.6 Å². The highest BCUT2D eigenvalue weighted by atomic mass is 19.1. The van der Waals surface area contributed by atoms with Gasteiger partial charge in [0.1, 0.15) is 12.2 Å². The standard InChI is InChI=1S/C16H23FO4/c17-14(16(19)21-13-9-5-2-6-10-13)11-15(18)20-12-7-3-1-4-8-12/h11-13H,1-10H2/b14-11-. The molecule has 5 heteroatoms. The third-order valence-electron chi connectivity index (χ3n) is 4.10. The summed E-state index contributed by atoms with van der Waals surface area (Å²) in [4.78, 5) is 23.1. The van der Waals surface area contributed by atoms with Gasteiger partial charge in [-0.15, -0.1) is 0 Å². The fourth-order valence-corrected chi connectivity index (χ4v) is 2.93. The Morgan fingerprint density at radius 1 is 0.810 bits per heavy atom. The molecule has 0 unspecified atom stereocenters. The first-order valence-electron chi connectivity index (χ1n) is 7.94. The summed E-state index contributed by atoms with van der Waals surface area (Å²) in [6.07, 6.45) is 9.70. The van der Waals surface area contributed by atoms with Gasteiger partial charge in [0.25, 0.3) is 0 Å². The Labute approximate surface area is 124 Å². The first kappa shape index (κ1) is 16.0. The van der Waals surface area contributed by atoms with Crippen molar-refractivity contribution in [1.82, 2.24) is 0 Å². The highest BCUT2D eigenvalue weighted by molar-refractivity contribution is 5.94. The van der Waals surface area contributed by atoms with E-state index in [1.807, 2.05) is 0 Å². The van der Waals surface area contributed by atoms with Crippen LogP contribution in [0.3, 0.4) is 0 Å². The first-order valence-corrected chi connectivity index (χ1v) is 7.94. The second-order valence-corrected chi connectivity index (χ2v) is 5.85. The third-order valence-corrected chi connectivity index (χ3v) is 4.10. The number of hydrogen-bond donors (Lipinski definition) is 0. The number of hydrogen-bond acceptors (Lipinski definition) is 4. The van der Waals surface area contributed by atoms with E-state index in [-0.39, 0.29) is 12.2 Å². The molecule has 0 aromatic heterocycles. The summed E-state index contributed by atoms with van der Waals surface area (Å²) in [5, 5.41) is 0. The van der Waals surface area contributed by atoms with Crippen molar-refractivity contribution >= 4 is 11.9 Å². The molecule has 0 N–H and O–H groups in total. The van der Waals surface area contributed by atoms with Gasteiger partial charge in [-0.1, -0.05) is 12.8 Å². The van der Waals surface area contributed by atoms with Crippen LogP contribution in [0.4, 0.5) is 4.39 Å². The van der Waals surface area contributed by atoms with Crippen LogP contribution in [0.15, 0.2) is 11.9 Å². The molecular weight excluding hydrogens is 275 g/mol. The van der Waals surface area contributed by atoms with Gasteiger partial charge >= 0.3 is 11.9 Å². The molecular formula is C16H23FO4. The van der Waals surface area contributed by atoms with Crippen LogP contribution in [-0.4, -0.2) is 24.1 Å². The molecule has 0 saturated heterocycles. The van der Waals surface area contributed by atoms with Crippen molar-refractivity contribution in [3.05, 3.63) is 11.9 Å². The Hall–Kier alpha value is -1.39. The summed E-state index contributed by atoms with van der Waals surface area (Å²) in [5.41, 5.74) is 0. The molecule has 118 valence electrons. The van der Waals surface area contributed by atoms with Crippen LogP contribution in [0.5, 0.6) is 0 Å². The van der Waals surface area contributed by atoms with Crippen LogP contribution >= 0.6 is 0 Å². The molecule has 2 aliphatic rings. The van der Waals surface area contributed by atoms with E-state index in [0.717, 1.165) is 64.2 Å². The lowest BCUT2D eigenvalue weighted by Crippen LogP contribution is -2.22. The molecule has 2 saturated carbocycles. The van der Waals surface area contributed by atoms with E-state index in [0.29, 0.717) is 6.08 Å². The monoisotopic (exact) mass is 298 g/mol. The van der Waals surface area contributed by atoms with Crippen LogP contribution in [0.25, 0.3) is 0 Å². The Bertz CT molecular complexity index is 393. The van der Waals surface area contributed by atoms with Crippen LogP contribution < -0.4 is 0 Å². The number of esters is 2. The van der Waals surface area contributed by atoms with Crippen LogP contribution in [-0.2, 0) is 19.1 Å². The van der Waals surface area contributed by atoms with Crippen LogP contribution in [0.1, 0.15) is 64.2 Å². The Morgan fingerprint density at radius 2 is 1.29 bits per heavy atom. The molecule has 0 bridgehead atoms. The minimum Gasteiger partial charge on any atom is -0.459 e. The van der Waals surface area contributed by atoms with Crippen molar-refractivity contribution in [2.45, 2.75) is 76.4 Å². The van der Waals surface area contributed by atoms with Gasteiger partial charge in [0.15, 0.2) is 0 Å². The van der Waals surface area contributed by atoms with E-state index in [4.69, 9.17) is 9.47 Å². The van der Waals surface area contributed by atoms with E-state index in [9.17, 15) is 14.0 Å². The highest BCUT2D eigenvalue weighted by Gasteiger charge is 2.22. The zero-order valence-corrected chi connectivity index (χ0v) is 12.3. The number of ether oxygens (including phenoxy) is 2. The van der Waals surface area contributed by atoms with Crippen LogP contribution in [0.2, 0.25) is 0 Å². The molecule has 0 atom stereocenters. The fourth-order valence-electron chi connectivity index (χ4n) is 2.93. The second-order valence-electron chi connectivity index (χ2n) is 5.85. The highest BCUT2D eigenvalue weighted by Crippen LogP contribution is 2.22. The molecule has 0 heterocycles. The summed E-state index contributed by atoms with van der Waals surface area (Å²) in [5.74, 6) is -3.01. The molecule has 0 amide bonds. The molecule has 2 fully saturated rings. The summed E-state index contributed by atoms with van der Waals surface area (Å²) in [7, 11) is 0. The van der Waals surface area contributed by atoms with Gasteiger partial charge in [0, 0.05) is 0 Å². The Balaban J connectivity index is 1.77. The van der Waals surface area contributed by atoms with Crippen molar-refractivity contribution in [2.24, 2.45) is 0 Å². The zero-order chi connectivity index (χ0) is 15.1. The molecule has 0 spiro atoms. The summed E-state index contributed by atoms with van der Waals surface area (Å²) >= 11 is 0. The molecule has 21 heavy (non-hydrogen) atoms. The van der Waals surface area contributed by atoms with Gasteiger partial charge in [0.2, 0.25) is 5.83 Å². The normalized spacial score (nSPS) is 21.9. The maximum atomic E-state index is 13.6. The molecule has 4 nitrogen and oxygen atoms in total. The van der Waals surface area contributed by atoms with Gasteiger partial charge in [-0.2, -0.15) is 4.39 Å². The average molecular weight is 298 g/mol. The molecule has 0 aromatic carbocycles. The molecule has 2 rings (SSSR count). The molecule has 0 aliphatic heterocycles. The maximum Gasteiger partial charge on any atom is 0.367 e. The minimum atomic E-state index is -1.17. The van der Waals surface area contributed by atoms with E-state index in [2.05, 4.69) is 0 Å². The van der Waals surface area contributed by atoms with Gasteiger partial charge in [-0.05, 0) is 51.4 Å². The van der Waals surface area contributed by atoms with E-state index < -0.39 is 17.8 Å². The second kappa shape index (κ2) is 8.15. The van der Waals surface area contributed by atoms with Gasteiger partial charge in [-0.25, -0.2) is 9.59 Å². The smallest absolute Gasteiger partial charge is 0.367 e. The van der Waals surface area contributed by atoms with Crippen molar-refractivity contribution < 1.29 is 23.5 Å². The number of halogens is 1. The predicted octanol–water partition coefficient (Wildman–Crippen LogP) is 3.59. The van der Waals surface area contributed by atoms with Gasteiger partial charge < -0.3 is 9.47 Å². The lowest BCUT2D eigenvalue weighted by atomic mass is 9.98. The predicted molar refractivity (Wildman–Crippen MR) is 75.1 cm³/mol. The zero-order valence-electron chi connectivity index (χ0n) is 12.3. The molecule has 0 radical (unpaired) electrons. The Kier molecular flexibility index (Phi) is 6.21. The quantitative estimate of drug-likeness (QED) is 0.588. The lowest BCUT2D eigenvalue weighted by Gasteiger charge is -2.21. The molecule has 2 aliphatic carbocycles. The number of rotatable bonds is 4. The summed E-state index contributed by atoms with van der Waals surface area (Å²) < 4.78 is 23.8. The third kappa shape index (κ3) is 5.48. The minimum absolute atomic E-state index is 0.148. The molecule has 0 aromatic rings. The van der Waals surface area contributed by atoms with Gasteiger partial charge in [-0.3, -0.25) is 0 Å². The van der Waals surface area contributed by atoms with Gasteiger partial charge in [0.05, 0.1) is 6.08 Å². The van der Waals surface area contributed by atoms with E-state index >= 15 is 0 Å². The number of carbonyl (C=O) groups excluding carboxylic acids is 2. The maximum absolute atomic E-state index is 13.6.